The number of unbranched alkanes of at least 4 members (excludes halogenated alkanes) is 1. The molecular weight excluding hydrogens is 355 g/mol. The van der Waals surface area contributed by atoms with Gasteiger partial charge in [-0.25, -0.2) is 0 Å². The molecule has 23 heavy (non-hydrogen) atoms. The monoisotopic (exact) mass is 378 g/mol. The summed E-state index contributed by atoms with van der Waals surface area (Å²) in [4.78, 5) is 12.1. The van der Waals surface area contributed by atoms with Crippen LogP contribution < -0.4 is 8.92 Å². The Morgan fingerprint density at radius 3 is 2.57 bits per heavy atom. The van der Waals surface area contributed by atoms with E-state index in [1.165, 1.54) is 11.6 Å². The molecule has 0 unspecified atom stereocenters. The fraction of sp³-hybridized carbons (Fsp3) is 0.316. The molecule has 122 valence electrons. The number of hydrogen-bond donors (Lipinski definition) is 1. The summed E-state index contributed by atoms with van der Waals surface area (Å²) in [5, 5.41) is 10.5. The molecule has 0 heterocycles. The van der Waals surface area contributed by atoms with Gasteiger partial charge in [0.05, 0.1) is 0 Å². The molecule has 0 aliphatic rings. The molecule has 0 aliphatic carbocycles. The van der Waals surface area contributed by atoms with Gasteiger partial charge in [-0.3, -0.25) is 0 Å². The Bertz CT molecular complexity index is 681. The Hall–Kier alpha value is -1.77. The van der Waals surface area contributed by atoms with Gasteiger partial charge in [0.15, 0.2) is 0 Å². The van der Waals surface area contributed by atoms with Gasteiger partial charge in [0.1, 0.15) is 0 Å². The van der Waals surface area contributed by atoms with Crippen LogP contribution in [0.1, 0.15) is 41.3 Å². The molecule has 2 aromatic rings. The number of benzene rings is 2. The van der Waals surface area contributed by atoms with E-state index in [1.54, 1.807) is 0 Å². The van der Waals surface area contributed by atoms with Crippen molar-refractivity contribution in [2.75, 3.05) is 7.11 Å². The van der Waals surface area contributed by atoms with Gasteiger partial charge >= 0.3 is 144 Å². The van der Waals surface area contributed by atoms with Crippen LogP contribution in [0.5, 0.6) is 5.75 Å². The Labute approximate surface area is 143 Å². The van der Waals surface area contributed by atoms with Gasteiger partial charge in [-0.2, -0.15) is 0 Å². The maximum absolute atomic E-state index is 12.1. The average Bonchev–Trinajstić information content (AvgIpc) is 2.57. The van der Waals surface area contributed by atoms with Crippen LogP contribution >= 0.6 is 0 Å². The molecule has 1 N–H and O–H groups in total. The number of methoxy groups -OCH3 is 1. The number of carbonyl (C=O) groups is 1. The number of esters is 1. The summed E-state index contributed by atoms with van der Waals surface area (Å²) in [5.41, 5.74) is 1.97. The van der Waals surface area contributed by atoms with Crippen LogP contribution in [0.15, 0.2) is 36.4 Å². The van der Waals surface area contributed by atoms with Crippen molar-refractivity contribution in [3.05, 3.63) is 53.1 Å². The summed E-state index contributed by atoms with van der Waals surface area (Å²) in [6.07, 6.45) is 2.79. The van der Waals surface area contributed by atoms with Crippen molar-refractivity contribution in [3.8, 4) is 5.75 Å². The van der Waals surface area contributed by atoms with Gasteiger partial charge in [-0.05, 0) is 0 Å². The second-order valence-corrected chi connectivity index (χ2v) is 7.73. The van der Waals surface area contributed by atoms with Crippen molar-refractivity contribution in [2.45, 2.75) is 33.1 Å². The number of phenols is 1. The minimum absolute atomic E-state index is 0.0791. The second kappa shape index (κ2) is 8.19. The normalized spacial score (nSPS) is 10.6. The van der Waals surface area contributed by atoms with Crippen LogP contribution in [0.3, 0.4) is 0 Å². The average molecular weight is 377 g/mol. The van der Waals surface area contributed by atoms with Gasteiger partial charge in [0, 0.05) is 0 Å². The summed E-state index contributed by atoms with van der Waals surface area (Å²) in [5.74, 6) is -0.390. The fourth-order valence-corrected chi connectivity index (χ4v) is 4.53. The maximum atomic E-state index is 12.1. The van der Waals surface area contributed by atoms with Crippen LogP contribution in [-0.4, -0.2) is 33.1 Å². The molecule has 0 atom stereocenters. The minimum atomic E-state index is -0.469. The van der Waals surface area contributed by atoms with Crippen LogP contribution in [0.25, 0.3) is 0 Å². The molecule has 2 rings (SSSR count). The van der Waals surface area contributed by atoms with E-state index in [-0.39, 0.29) is 20.7 Å². The summed E-state index contributed by atoms with van der Waals surface area (Å²) in [6.45, 7) is 4.00. The summed E-state index contributed by atoms with van der Waals surface area (Å²) in [7, 11) is 1.35. The Kier molecular flexibility index (Phi) is 6.26. The number of carbonyl (C=O) groups excluding carboxylic acids is 1. The van der Waals surface area contributed by atoms with E-state index in [4.69, 9.17) is 4.74 Å². The van der Waals surface area contributed by atoms with E-state index in [1.807, 2.05) is 25.1 Å². The number of aryl methyl sites for hydroxylation is 1. The first kappa shape index (κ1) is 17.6. The Morgan fingerprint density at radius 2 is 1.96 bits per heavy atom. The second-order valence-electron chi connectivity index (χ2n) is 5.39. The Morgan fingerprint density at radius 1 is 1.26 bits per heavy atom. The van der Waals surface area contributed by atoms with Gasteiger partial charge in [0.25, 0.3) is 0 Å². The van der Waals surface area contributed by atoms with E-state index in [9.17, 15) is 9.90 Å². The molecule has 0 spiro atoms. The van der Waals surface area contributed by atoms with Gasteiger partial charge in [-0.15, -0.1) is 0 Å². The van der Waals surface area contributed by atoms with E-state index >= 15 is 0 Å². The zero-order chi connectivity index (χ0) is 16.8. The van der Waals surface area contributed by atoms with E-state index in [0.717, 1.165) is 34.9 Å². The predicted molar refractivity (Wildman–Crippen MR) is 94.3 cm³/mol. The molecule has 0 saturated carbocycles. The summed E-state index contributed by atoms with van der Waals surface area (Å²) < 4.78 is 7.23. The predicted octanol–water partition coefficient (Wildman–Crippen LogP) is 2.48. The molecular formula is C19H22O3Se. The van der Waals surface area contributed by atoms with Crippen LogP contribution in [0.4, 0.5) is 0 Å². The quantitative estimate of drug-likeness (QED) is 0.622. The van der Waals surface area contributed by atoms with Crippen molar-refractivity contribution in [1.29, 1.82) is 0 Å². The van der Waals surface area contributed by atoms with E-state index < -0.39 is 5.97 Å². The van der Waals surface area contributed by atoms with Crippen molar-refractivity contribution in [1.82, 2.24) is 0 Å². The molecule has 0 aromatic heterocycles. The third kappa shape index (κ3) is 4.15. The zero-order valence-corrected chi connectivity index (χ0v) is 15.5. The summed E-state index contributed by atoms with van der Waals surface area (Å²) >= 11 is 0.0861. The van der Waals surface area contributed by atoms with Gasteiger partial charge < -0.3 is 0 Å². The standard InChI is InChI=1S/C19H22O3Se/c1-4-5-9-14-12-16(23-15-10-7-6-8-11-15)13(2)17(18(14)20)19(21)22-3/h6-8,10-12,20H,4-5,9H2,1-3H3. The van der Waals surface area contributed by atoms with Crippen molar-refractivity contribution in [2.24, 2.45) is 0 Å². The first-order chi connectivity index (χ1) is 11.1. The van der Waals surface area contributed by atoms with E-state index in [0.29, 0.717) is 5.56 Å². The molecule has 0 radical (unpaired) electrons. The molecule has 0 aliphatic heterocycles. The first-order valence-corrected chi connectivity index (χ1v) is 9.46. The molecule has 0 fully saturated rings. The number of rotatable bonds is 6. The van der Waals surface area contributed by atoms with Crippen LogP contribution in [-0.2, 0) is 11.2 Å². The number of ether oxygens (including phenoxy) is 1. The molecule has 0 saturated heterocycles. The van der Waals surface area contributed by atoms with Crippen LogP contribution in [0, 0.1) is 6.92 Å². The number of aromatic hydroxyl groups is 1. The van der Waals surface area contributed by atoms with E-state index in [2.05, 4.69) is 25.1 Å². The van der Waals surface area contributed by atoms with Crippen molar-refractivity contribution >= 4 is 29.8 Å². The van der Waals surface area contributed by atoms with Crippen molar-refractivity contribution < 1.29 is 14.6 Å². The van der Waals surface area contributed by atoms with Crippen molar-refractivity contribution in [3.63, 3.8) is 0 Å². The van der Waals surface area contributed by atoms with Gasteiger partial charge in [0.2, 0.25) is 0 Å². The zero-order valence-electron chi connectivity index (χ0n) is 13.8. The molecule has 0 amide bonds. The molecule has 4 heteroatoms. The first-order valence-electron chi connectivity index (χ1n) is 7.75. The third-order valence-electron chi connectivity index (χ3n) is 3.75. The SMILES string of the molecule is CCCCc1cc([Se]c2ccccc2)c(C)c(C(=O)OC)c1O. The number of hydrogen-bond acceptors (Lipinski definition) is 3. The topological polar surface area (TPSA) is 46.5 Å². The molecule has 0 bridgehead atoms. The van der Waals surface area contributed by atoms with Gasteiger partial charge in [-0.1, -0.05) is 0 Å². The number of phenolic OH excluding ortho intramolecular Hbond substituents is 1. The third-order valence-corrected chi connectivity index (χ3v) is 6.17. The fourth-order valence-electron chi connectivity index (χ4n) is 2.43. The van der Waals surface area contributed by atoms with Crippen LogP contribution in [0.2, 0.25) is 0 Å². The Balaban J connectivity index is 2.49. The molecule has 3 nitrogen and oxygen atoms in total. The molecule has 2 aromatic carbocycles. The summed E-state index contributed by atoms with van der Waals surface area (Å²) in [6, 6.07) is 12.3.